The molecule has 23 heavy (non-hydrogen) atoms. The van der Waals surface area contributed by atoms with Crippen LogP contribution >= 0.6 is 0 Å². The van der Waals surface area contributed by atoms with Gasteiger partial charge in [0, 0.05) is 19.5 Å². The Morgan fingerprint density at radius 1 is 1.13 bits per heavy atom. The van der Waals surface area contributed by atoms with Crippen molar-refractivity contribution in [2.24, 2.45) is 0 Å². The van der Waals surface area contributed by atoms with Crippen LogP contribution in [0.4, 0.5) is 4.79 Å². The van der Waals surface area contributed by atoms with E-state index < -0.39 is 24.1 Å². The Morgan fingerprint density at radius 2 is 1.83 bits per heavy atom. The van der Waals surface area contributed by atoms with Crippen molar-refractivity contribution in [3.8, 4) is 5.75 Å². The number of allylic oxidation sites excluding steroid dienone is 1. The largest absolute Gasteiger partial charge is 0.452 e. The number of carbonyl (C=O) groups excluding carboxylic acids is 3. The van der Waals surface area contributed by atoms with Crippen molar-refractivity contribution in [3.63, 3.8) is 0 Å². The quantitative estimate of drug-likeness (QED) is 0.627. The van der Waals surface area contributed by atoms with Gasteiger partial charge in [0.05, 0.1) is 7.11 Å². The minimum Gasteiger partial charge on any atom is -0.452 e. The molecule has 0 spiro atoms. The number of methoxy groups -OCH3 is 1. The number of carbonyl (C=O) groups is 3. The van der Waals surface area contributed by atoms with Gasteiger partial charge in [-0.3, -0.25) is 9.69 Å². The van der Waals surface area contributed by atoms with Crippen LogP contribution < -0.4 is 4.74 Å². The summed E-state index contributed by atoms with van der Waals surface area (Å²) < 4.78 is 14.9. The molecule has 7 nitrogen and oxygen atoms in total. The van der Waals surface area contributed by atoms with Gasteiger partial charge < -0.3 is 14.2 Å². The summed E-state index contributed by atoms with van der Waals surface area (Å²) in [5.41, 5.74) is 0. The molecule has 122 valence electrons. The van der Waals surface area contributed by atoms with E-state index >= 15 is 0 Å². The van der Waals surface area contributed by atoms with E-state index in [0.29, 0.717) is 17.9 Å². The molecule has 0 aliphatic carbocycles. The molecular formula is C16H17NO6. The van der Waals surface area contributed by atoms with Gasteiger partial charge in [0.1, 0.15) is 17.6 Å². The molecule has 1 atom stereocenters. The lowest BCUT2D eigenvalue weighted by Gasteiger charge is -2.30. The minimum absolute atomic E-state index is 0.264. The number of hydrogen-bond donors (Lipinski definition) is 0. The molecule has 0 fully saturated rings. The number of amides is 1. The van der Waals surface area contributed by atoms with Crippen molar-refractivity contribution in [2.75, 3.05) is 7.11 Å². The van der Waals surface area contributed by atoms with Crippen LogP contribution in [0.15, 0.2) is 42.3 Å². The first-order valence-electron chi connectivity index (χ1n) is 7.03. The molecule has 0 saturated carbocycles. The van der Waals surface area contributed by atoms with Crippen molar-refractivity contribution in [1.29, 1.82) is 0 Å². The summed E-state index contributed by atoms with van der Waals surface area (Å²) >= 11 is 0. The molecule has 1 aliphatic heterocycles. The molecule has 0 N–H and O–H groups in total. The molecule has 1 heterocycles. The van der Waals surface area contributed by atoms with Gasteiger partial charge in [-0.2, -0.15) is 0 Å². The fourth-order valence-electron chi connectivity index (χ4n) is 2.18. The highest BCUT2D eigenvalue weighted by molar-refractivity contribution is 5.84. The number of hydrogen-bond acceptors (Lipinski definition) is 6. The standard InChI is InChI=1S/C16H17NO6/c1-11(18)22-13-8-9-14(17(10-13)16(20)21-2)15(19)23-12-6-4-3-5-7-12/h3-7,10,14H,8-9H2,1-2H3/t14-/m0/s1. The Balaban J connectivity index is 2.16. The van der Waals surface area contributed by atoms with Crippen molar-refractivity contribution in [1.82, 2.24) is 4.90 Å². The molecule has 0 saturated heterocycles. The Morgan fingerprint density at radius 3 is 2.43 bits per heavy atom. The maximum Gasteiger partial charge on any atom is 0.414 e. The molecule has 1 aliphatic rings. The van der Waals surface area contributed by atoms with Crippen molar-refractivity contribution >= 4 is 18.0 Å². The third-order valence-corrected chi connectivity index (χ3v) is 3.18. The normalized spacial score (nSPS) is 17.0. The van der Waals surface area contributed by atoms with Crippen molar-refractivity contribution in [2.45, 2.75) is 25.8 Å². The Kier molecular flexibility index (Phi) is 5.35. The number of para-hydroxylation sites is 1. The van der Waals surface area contributed by atoms with E-state index in [1.807, 2.05) is 0 Å². The van der Waals surface area contributed by atoms with Gasteiger partial charge in [-0.15, -0.1) is 0 Å². The number of esters is 2. The summed E-state index contributed by atoms with van der Waals surface area (Å²) in [7, 11) is 1.20. The van der Waals surface area contributed by atoms with E-state index in [1.54, 1.807) is 30.3 Å². The first-order chi connectivity index (χ1) is 11.0. The van der Waals surface area contributed by atoms with Gasteiger partial charge >= 0.3 is 18.0 Å². The zero-order chi connectivity index (χ0) is 16.8. The average Bonchev–Trinajstić information content (AvgIpc) is 2.54. The van der Waals surface area contributed by atoms with E-state index in [-0.39, 0.29) is 6.42 Å². The Bertz CT molecular complexity index is 625. The van der Waals surface area contributed by atoms with Gasteiger partial charge in [-0.25, -0.2) is 9.59 Å². The highest BCUT2D eigenvalue weighted by Crippen LogP contribution is 2.24. The topological polar surface area (TPSA) is 82.1 Å². The van der Waals surface area contributed by atoms with Gasteiger partial charge in [0.15, 0.2) is 0 Å². The smallest absolute Gasteiger partial charge is 0.414 e. The maximum atomic E-state index is 12.3. The minimum atomic E-state index is -0.845. The van der Waals surface area contributed by atoms with Crippen LogP contribution in [0.5, 0.6) is 5.75 Å². The fraction of sp³-hybridized carbons (Fsp3) is 0.312. The van der Waals surface area contributed by atoms with Gasteiger partial charge in [-0.05, 0) is 18.6 Å². The molecule has 0 radical (unpaired) electrons. The number of benzene rings is 1. The molecule has 2 rings (SSSR count). The molecule has 1 aromatic carbocycles. The molecule has 0 aromatic heterocycles. The van der Waals surface area contributed by atoms with Crippen molar-refractivity contribution < 1.29 is 28.6 Å². The lowest BCUT2D eigenvalue weighted by atomic mass is 10.1. The molecular weight excluding hydrogens is 302 g/mol. The second-order valence-corrected chi connectivity index (χ2v) is 4.85. The lowest BCUT2D eigenvalue weighted by Crippen LogP contribution is -2.45. The average molecular weight is 319 g/mol. The predicted octanol–water partition coefficient (Wildman–Crippen LogP) is 2.23. The van der Waals surface area contributed by atoms with E-state index in [9.17, 15) is 14.4 Å². The molecule has 1 aromatic rings. The Labute approximate surface area is 133 Å². The van der Waals surface area contributed by atoms with Crippen LogP contribution in [0.3, 0.4) is 0 Å². The van der Waals surface area contributed by atoms with Gasteiger partial charge in [0.2, 0.25) is 0 Å². The summed E-state index contributed by atoms with van der Waals surface area (Å²) in [5.74, 6) is -0.394. The zero-order valence-electron chi connectivity index (χ0n) is 12.9. The second-order valence-electron chi connectivity index (χ2n) is 4.85. The molecule has 0 bridgehead atoms. The summed E-state index contributed by atoms with van der Waals surface area (Å²) in [6.45, 7) is 1.26. The van der Waals surface area contributed by atoms with Gasteiger partial charge in [-0.1, -0.05) is 18.2 Å². The number of rotatable bonds is 3. The molecule has 0 unspecified atom stereocenters. The highest BCUT2D eigenvalue weighted by Gasteiger charge is 2.35. The van der Waals surface area contributed by atoms with Crippen LogP contribution in [-0.2, 0) is 19.1 Å². The van der Waals surface area contributed by atoms with Crippen LogP contribution in [-0.4, -0.2) is 36.1 Å². The molecule has 7 heteroatoms. The summed E-state index contributed by atoms with van der Waals surface area (Å²) in [4.78, 5) is 36.3. The number of nitrogens with zero attached hydrogens (tertiary/aromatic N) is 1. The third kappa shape index (κ3) is 4.32. The SMILES string of the molecule is COC(=O)N1C=C(OC(C)=O)CC[C@H]1C(=O)Oc1ccccc1. The van der Waals surface area contributed by atoms with Crippen LogP contribution in [0, 0.1) is 0 Å². The van der Waals surface area contributed by atoms with Crippen LogP contribution in [0.1, 0.15) is 19.8 Å². The maximum absolute atomic E-state index is 12.3. The van der Waals surface area contributed by atoms with E-state index in [2.05, 4.69) is 4.74 Å². The number of ether oxygens (including phenoxy) is 3. The van der Waals surface area contributed by atoms with E-state index in [1.165, 1.54) is 20.2 Å². The summed E-state index contributed by atoms with van der Waals surface area (Å²) in [6, 6.07) is 7.71. The highest BCUT2D eigenvalue weighted by atomic mass is 16.6. The Hall–Kier alpha value is -2.83. The van der Waals surface area contributed by atoms with E-state index in [4.69, 9.17) is 9.47 Å². The molecule has 1 amide bonds. The second kappa shape index (κ2) is 7.44. The summed E-state index contributed by atoms with van der Waals surface area (Å²) in [5, 5.41) is 0. The first kappa shape index (κ1) is 16.5. The van der Waals surface area contributed by atoms with Crippen molar-refractivity contribution in [3.05, 3.63) is 42.3 Å². The fourth-order valence-corrected chi connectivity index (χ4v) is 2.18. The lowest BCUT2D eigenvalue weighted by molar-refractivity contribution is -0.140. The summed E-state index contributed by atoms with van der Waals surface area (Å²) in [6.07, 6.45) is 1.17. The predicted molar refractivity (Wildman–Crippen MR) is 79.2 cm³/mol. The van der Waals surface area contributed by atoms with Crippen LogP contribution in [0.2, 0.25) is 0 Å². The monoisotopic (exact) mass is 319 g/mol. The van der Waals surface area contributed by atoms with Gasteiger partial charge in [0.25, 0.3) is 0 Å². The van der Waals surface area contributed by atoms with Crippen LogP contribution in [0.25, 0.3) is 0 Å². The first-order valence-corrected chi connectivity index (χ1v) is 7.03. The van der Waals surface area contributed by atoms with E-state index in [0.717, 1.165) is 4.90 Å². The third-order valence-electron chi connectivity index (χ3n) is 3.18. The zero-order valence-corrected chi connectivity index (χ0v) is 12.9.